The summed E-state index contributed by atoms with van der Waals surface area (Å²) >= 11 is 0. The molecule has 12 heteroatoms. The molecule has 0 spiro atoms. The quantitative estimate of drug-likeness (QED) is 0.489. The molecule has 5 rings (SSSR count). The Bertz CT molecular complexity index is 1330. The molecule has 0 amide bonds. The molecule has 1 heterocycles. The molecule has 7 nitrogen and oxygen atoms in total. The van der Waals surface area contributed by atoms with E-state index in [1.54, 1.807) is 16.9 Å². The van der Waals surface area contributed by atoms with Gasteiger partial charge in [-0.25, -0.2) is 4.39 Å². The molecule has 2 aliphatic rings. The van der Waals surface area contributed by atoms with E-state index in [-0.39, 0.29) is 23.5 Å². The summed E-state index contributed by atoms with van der Waals surface area (Å²) in [4.78, 5) is 0. The maximum absolute atomic E-state index is 13.2. The maximum atomic E-state index is 13.2. The highest BCUT2D eigenvalue weighted by Crippen LogP contribution is 2.41. The minimum atomic E-state index is -4.63. The number of hydrogen-bond acceptors (Lipinski definition) is 5. The minimum absolute atomic E-state index is 0.0111. The van der Waals surface area contributed by atoms with Gasteiger partial charge in [0.1, 0.15) is 12.4 Å². The van der Waals surface area contributed by atoms with Crippen LogP contribution in [0, 0.1) is 17.7 Å². The van der Waals surface area contributed by atoms with Crippen LogP contribution in [0.2, 0.25) is 0 Å². The summed E-state index contributed by atoms with van der Waals surface area (Å²) in [6.45, 7) is -1.61. The van der Waals surface area contributed by atoms with E-state index < -0.39 is 29.0 Å². The van der Waals surface area contributed by atoms with E-state index in [1.165, 1.54) is 12.1 Å². The standard InChI is InChI=1S/C23H22F4N4O3S/c24-19-7-5-13(6-8-19)21-29-30-22(34-21)17-4-1-14-9-15-2-3-16(10-18(14)11-17)20(15)31-35(32,33)28-12-23(25,26)27/h1,4-8,11,15-16,20,28,31H,2-3,9-10,12H2. The van der Waals surface area contributed by atoms with Crippen molar-refractivity contribution in [3.8, 4) is 22.9 Å². The van der Waals surface area contributed by atoms with Gasteiger partial charge < -0.3 is 4.42 Å². The van der Waals surface area contributed by atoms with Crippen molar-refractivity contribution in [2.24, 2.45) is 11.8 Å². The van der Waals surface area contributed by atoms with Gasteiger partial charge in [0.25, 0.3) is 10.2 Å². The third-order valence-electron chi connectivity index (χ3n) is 6.61. The van der Waals surface area contributed by atoms with Gasteiger partial charge in [-0.05, 0) is 85.0 Å². The van der Waals surface area contributed by atoms with Crippen LogP contribution >= 0.6 is 0 Å². The molecule has 0 radical (unpaired) electrons. The zero-order chi connectivity index (χ0) is 24.8. The number of halogens is 4. The average molecular weight is 511 g/mol. The number of nitrogens with one attached hydrogen (secondary N) is 2. The molecule has 3 aromatic rings. The van der Waals surface area contributed by atoms with Gasteiger partial charge in [-0.1, -0.05) is 6.07 Å². The fraction of sp³-hybridized carbons (Fsp3) is 0.391. The van der Waals surface area contributed by atoms with E-state index in [9.17, 15) is 26.0 Å². The largest absolute Gasteiger partial charge is 0.416 e. The van der Waals surface area contributed by atoms with Crippen molar-refractivity contribution in [3.63, 3.8) is 0 Å². The predicted octanol–water partition coefficient (Wildman–Crippen LogP) is 4.02. The second-order valence-electron chi connectivity index (χ2n) is 8.99. The number of nitrogens with zero attached hydrogens (tertiary/aromatic N) is 2. The van der Waals surface area contributed by atoms with Crippen LogP contribution < -0.4 is 9.44 Å². The first kappa shape index (κ1) is 23.9. The number of hydrogen-bond donors (Lipinski definition) is 2. The summed E-state index contributed by atoms with van der Waals surface area (Å²) in [7, 11) is -4.30. The first-order valence-corrected chi connectivity index (χ1v) is 12.6. The van der Waals surface area contributed by atoms with Crippen molar-refractivity contribution in [3.05, 3.63) is 59.4 Å². The third kappa shape index (κ3) is 5.39. The molecule has 1 saturated carbocycles. The summed E-state index contributed by atoms with van der Waals surface area (Å²) < 4.78 is 85.0. The zero-order valence-corrected chi connectivity index (χ0v) is 19.2. The summed E-state index contributed by atoms with van der Waals surface area (Å²) in [5, 5.41) is 8.15. The molecule has 3 unspecified atom stereocenters. The van der Waals surface area contributed by atoms with Gasteiger partial charge in [0.05, 0.1) is 0 Å². The molecular weight excluding hydrogens is 488 g/mol. The Morgan fingerprint density at radius 3 is 2.17 bits per heavy atom. The minimum Gasteiger partial charge on any atom is -0.416 e. The first-order chi connectivity index (χ1) is 16.6. The van der Waals surface area contributed by atoms with Crippen molar-refractivity contribution in [1.82, 2.24) is 19.6 Å². The lowest BCUT2D eigenvalue weighted by Crippen LogP contribution is -2.49. The van der Waals surface area contributed by atoms with Crippen molar-refractivity contribution in [2.75, 3.05) is 6.54 Å². The van der Waals surface area contributed by atoms with Gasteiger partial charge >= 0.3 is 6.18 Å². The van der Waals surface area contributed by atoms with Crippen LogP contribution in [0.1, 0.15) is 24.0 Å². The Balaban J connectivity index is 1.34. The van der Waals surface area contributed by atoms with Crippen LogP contribution in [0.3, 0.4) is 0 Å². The Kier molecular flexibility index (Phi) is 6.14. The van der Waals surface area contributed by atoms with Crippen molar-refractivity contribution in [2.45, 2.75) is 37.9 Å². The second-order valence-corrected chi connectivity index (χ2v) is 10.5. The van der Waals surface area contributed by atoms with E-state index >= 15 is 0 Å². The molecule has 0 saturated heterocycles. The fourth-order valence-electron chi connectivity index (χ4n) is 4.98. The number of alkyl halides is 3. The highest BCUT2D eigenvalue weighted by atomic mass is 32.2. The average Bonchev–Trinajstić information content (AvgIpc) is 3.37. The molecule has 3 atom stereocenters. The first-order valence-electron chi connectivity index (χ1n) is 11.1. The highest BCUT2D eigenvalue weighted by Gasteiger charge is 2.41. The molecule has 186 valence electrons. The summed E-state index contributed by atoms with van der Waals surface area (Å²) in [5.41, 5.74) is 3.37. The Morgan fingerprint density at radius 1 is 0.914 bits per heavy atom. The molecule has 1 fully saturated rings. The number of fused-ring (bicyclic) bond motifs is 3. The van der Waals surface area contributed by atoms with Crippen LogP contribution in [-0.2, 0) is 23.1 Å². The predicted molar refractivity (Wildman–Crippen MR) is 119 cm³/mol. The van der Waals surface area contributed by atoms with Gasteiger partial charge in [-0.2, -0.15) is 31.0 Å². The summed E-state index contributed by atoms with van der Waals surface area (Å²) in [6, 6.07) is 11.0. The van der Waals surface area contributed by atoms with Crippen LogP contribution in [-0.4, -0.2) is 37.4 Å². The molecule has 1 aromatic heterocycles. The number of rotatable bonds is 6. The van der Waals surface area contributed by atoms with Crippen LogP contribution in [0.25, 0.3) is 22.9 Å². The van der Waals surface area contributed by atoms with E-state index in [4.69, 9.17) is 4.42 Å². The molecule has 0 aliphatic heterocycles. The molecule has 35 heavy (non-hydrogen) atoms. The van der Waals surface area contributed by atoms with Gasteiger partial charge in [0.2, 0.25) is 11.8 Å². The highest BCUT2D eigenvalue weighted by molar-refractivity contribution is 7.87. The molecule has 2 aromatic carbocycles. The monoisotopic (exact) mass is 510 g/mol. The van der Waals surface area contributed by atoms with Gasteiger partial charge in [-0.3, -0.25) is 0 Å². The van der Waals surface area contributed by atoms with E-state index in [1.807, 2.05) is 18.2 Å². The second kappa shape index (κ2) is 8.99. The van der Waals surface area contributed by atoms with E-state index in [2.05, 4.69) is 14.9 Å². The lowest BCUT2D eigenvalue weighted by Gasteiger charge is -2.23. The SMILES string of the molecule is O=S(=O)(NCC(F)(F)F)NC1C2CCC1Cc1cc(-c3nnc(-c4ccc(F)cc4)o3)ccc1C2. The lowest BCUT2D eigenvalue weighted by molar-refractivity contribution is -0.121. The number of benzene rings is 2. The summed E-state index contributed by atoms with van der Waals surface area (Å²) in [5.74, 6) is 0.134. The summed E-state index contributed by atoms with van der Waals surface area (Å²) in [6.07, 6.45) is -1.87. The van der Waals surface area contributed by atoms with E-state index in [0.717, 1.165) is 24.0 Å². The zero-order valence-electron chi connectivity index (χ0n) is 18.3. The van der Waals surface area contributed by atoms with Gasteiger partial charge in [0, 0.05) is 17.2 Å². The van der Waals surface area contributed by atoms with Gasteiger partial charge in [0.15, 0.2) is 0 Å². The topological polar surface area (TPSA) is 97.1 Å². The van der Waals surface area contributed by atoms with Gasteiger partial charge in [-0.15, -0.1) is 10.2 Å². The Labute approximate surface area is 199 Å². The Morgan fingerprint density at radius 2 is 1.51 bits per heavy atom. The smallest absolute Gasteiger partial charge is 0.402 e. The van der Waals surface area contributed by atoms with Crippen LogP contribution in [0.5, 0.6) is 0 Å². The van der Waals surface area contributed by atoms with Crippen LogP contribution in [0.4, 0.5) is 17.6 Å². The molecule has 2 bridgehead atoms. The van der Waals surface area contributed by atoms with Crippen molar-refractivity contribution in [1.29, 1.82) is 0 Å². The Hall–Kier alpha value is -2.83. The van der Waals surface area contributed by atoms with Crippen molar-refractivity contribution >= 4 is 10.2 Å². The third-order valence-corrected chi connectivity index (χ3v) is 7.72. The maximum Gasteiger partial charge on any atom is 0.402 e. The number of aromatic nitrogens is 2. The van der Waals surface area contributed by atoms with Crippen LogP contribution in [0.15, 0.2) is 46.9 Å². The normalized spacial score (nSPS) is 22.1. The fourth-order valence-corrected chi connectivity index (χ4v) is 6.16. The molecular formula is C23H22F4N4O3S. The molecule has 2 N–H and O–H groups in total. The molecule has 2 aliphatic carbocycles. The van der Waals surface area contributed by atoms with E-state index in [0.29, 0.717) is 29.9 Å². The van der Waals surface area contributed by atoms with Crippen molar-refractivity contribution < 1.29 is 30.4 Å². The lowest BCUT2D eigenvalue weighted by atomic mass is 9.92.